The van der Waals surface area contributed by atoms with Crippen molar-refractivity contribution in [2.24, 2.45) is 0 Å². The van der Waals surface area contributed by atoms with Crippen molar-refractivity contribution >= 4 is 17.9 Å². The molecule has 0 amide bonds. The number of unbranched alkanes of at least 4 members (excludes halogenated alkanes) is 13. The zero-order valence-corrected chi connectivity index (χ0v) is 30.0. The Morgan fingerprint density at radius 3 is 1.78 bits per heavy atom. The van der Waals surface area contributed by atoms with Gasteiger partial charge in [0.05, 0.1) is 34.4 Å². The van der Waals surface area contributed by atoms with Crippen molar-refractivity contribution in [3.63, 3.8) is 0 Å². The first kappa shape index (κ1) is 43.5. The van der Waals surface area contributed by atoms with Gasteiger partial charge in [-0.05, 0) is 32.1 Å². The number of hydrogen-bond donors (Lipinski definition) is 1. The van der Waals surface area contributed by atoms with Gasteiger partial charge >= 0.3 is 17.9 Å². The molecule has 0 spiro atoms. The molecule has 0 aliphatic heterocycles. The number of allylic oxidation sites excluding steroid dienone is 6. The molecule has 2 unspecified atom stereocenters. The van der Waals surface area contributed by atoms with Crippen LogP contribution in [0.1, 0.15) is 136 Å². The zero-order valence-electron chi connectivity index (χ0n) is 30.0. The normalized spacial score (nSPS) is 13.5. The van der Waals surface area contributed by atoms with Crippen molar-refractivity contribution in [2.75, 3.05) is 41.0 Å². The summed E-state index contributed by atoms with van der Waals surface area (Å²) in [4.78, 5) is 36.6. The molecule has 8 nitrogen and oxygen atoms in total. The molecule has 0 aliphatic carbocycles. The smallest absolute Gasteiger partial charge is 0.362 e. The molecular weight excluding hydrogens is 582 g/mol. The van der Waals surface area contributed by atoms with Crippen LogP contribution in [0, 0.1) is 0 Å². The fourth-order valence-electron chi connectivity index (χ4n) is 5.03. The molecule has 0 saturated heterocycles. The molecular formula is C38H68NO7+. The van der Waals surface area contributed by atoms with E-state index < -0.39 is 18.1 Å². The van der Waals surface area contributed by atoms with Crippen LogP contribution in [0.4, 0.5) is 0 Å². The highest BCUT2D eigenvalue weighted by molar-refractivity contribution is 5.72. The maximum Gasteiger partial charge on any atom is 0.362 e. The van der Waals surface area contributed by atoms with E-state index in [0.717, 1.165) is 64.2 Å². The Labute approximate surface area is 281 Å². The second kappa shape index (κ2) is 29.9. The summed E-state index contributed by atoms with van der Waals surface area (Å²) < 4.78 is 17.1. The first-order valence-electron chi connectivity index (χ1n) is 18.1. The van der Waals surface area contributed by atoms with Crippen molar-refractivity contribution < 1.29 is 38.2 Å². The molecule has 8 heteroatoms. The summed E-state index contributed by atoms with van der Waals surface area (Å²) >= 11 is 0. The molecule has 1 N–H and O–H groups in total. The van der Waals surface area contributed by atoms with Gasteiger partial charge in [0.15, 0.2) is 12.1 Å². The number of esters is 2. The van der Waals surface area contributed by atoms with Crippen molar-refractivity contribution in [1.29, 1.82) is 0 Å². The average molecular weight is 651 g/mol. The van der Waals surface area contributed by atoms with Crippen LogP contribution in [0.5, 0.6) is 0 Å². The van der Waals surface area contributed by atoms with Crippen LogP contribution < -0.4 is 0 Å². The van der Waals surface area contributed by atoms with E-state index in [2.05, 4.69) is 44.2 Å². The van der Waals surface area contributed by atoms with E-state index in [1.807, 2.05) is 27.2 Å². The Morgan fingerprint density at radius 2 is 1.22 bits per heavy atom. The van der Waals surface area contributed by atoms with Gasteiger partial charge in [-0.2, -0.15) is 0 Å². The Hall–Kier alpha value is -2.45. The van der Waals surface area contributed by atoms with Gasteiger partial charge < -0.3 is 23.8 Å². The minimum atomic E-state index is -0.880. The van der Waals surface area contributed by atoms with Crippen molar-refractivity contribution in [1.82, 2.24) is 0 Å². The molecule has 0 rings (SSSR count). The third-order valence-electron chi connectivity index (χ3n) is 7.87. The van der Waals surface area contributed by atoms with Crippen molar-refractivity contribution in [2.45, 2.75) is 148 Å². The van der Waals surface area contributed by atoms with Crippen LogP contribution in [-0.2, 0) is 28.6 Å². The standard InChI is InChI=1S/C38H67NO7/c1-6-8-10-12-14-16-17-18-19-21-22-24-26-28-36(40)45-33-34(32-44-31-30-35(38(42)43)39(3,4)5)46-37(41)29-27-25-23-20-15-13-11-9-7-2/h8,10,12,14,16-17,34-35H,6-7,9,11,13,15,18-33H2,1-5H3/p+1/b10-8+,14-12+,17-16+. The van der Waals surface area contributed by atoms with Gasteiger partial charge in [-0.25, -0.2) is 4.79 Å². The van der Waals surface area contributed by atoms with Crippen LogP contribution in [0.2, 0.25) is 0 Å². The van der Waals surface area contributed by atoms with Gasteiger partial charge in [-0.1, -0.05) is 121 Å². The zero-order chi connectivity index (χ0) is 34.3. The lowest BCUT2D eigenvalue weighted by Gasteiger charge is -2.31. The number of quaternary nitrogens is 1. The minimum Gasteiger partial charge on any atom is -0.477 e. The number of carbonyl (C=O) groups is 3. The molecule has 0 aliphatic rings. The largest absolute Gasteiger partial charge is 0.477 e. The number of aliphatic carboxylic acids is 1. The maximum atomic E-state index is 12.6. The summed E-state index contributed by atoms with van der Waals surface area (Å²) in [6.07, 6.45) is 30.5. The van der Waals surface area contributed by atoms with Gasteiger partial charge in [0, 0.05) is 19.3 Å². The molecule has 0 fully saturated rings. The summed E-state index contributed by atoms with van der Waals surface area (Å²) in [6.45, 7) is 4.54. The number of likely N-dealkylation sites (N-methyl/N-ethyl adjacent to an activating group) is 1. The number of carboxylic acid groups (broad SMARTS) is 1. The first-order chi connectivity index (χ1) is 22.1. The van der Waals surface area contributed by atoms with Gasteiger partial charge in [0.25, 0.3) is 0 Å². The summed E-state index contributed by atoms with van der Waals surface area (Å²) in [6, 6.07) is -0.614. The van der Waals surface area contributed by atoms with E-state index in [1.54, 1.807) is 0 Å². The Bertz CT molecular complexity index is 860. The van der Waals surface area contributed by atoms with Crippen LogP contribution in [0.25, 0.3) is 0 Å². The van der Waals surface area contributed by atoms with E-state index in [4.69, 9.17) is 14.2 Å². The lowest BCUT2D eigenvalue weighted by Crippen LogP contribution is -2.50. The Balaban J connectivity index is 4.47. The molecule has 266 valence electrons. The first-order valence-corrected chi connectivity index (χ1v) is 18.1. The number of ether oxygens (including phenoxy) is 3. The van der Waals surface area contributed by atoms with Crippen LogP contribution in [-0.4, -0.2) is 80.6 Å². The van der Waals surface area contributed by atoms with Crippen LogP contribution >= 0.6 is 0 Å². The molecule has 46 heavy (non-hydrogen) atoms. The summed E-state index contributed by atoms with van der Waals surface area (Å²) in [7, 11) is 5.50. The number of rotatable bonds is 31. The summed E-state index contributed by atoms with van der Waals surface area (Å²) in [5.74, 6) is -1.50. The van der Waals surface area contributed by atoms with Gasteiger partial charge in [-0.3, -0.25) is 9.59 Å². The van der Waals surface area contributed by atoms with E-state index in [0.29, 0.717) is 19.3 Å². The highest BCUT2D eigenvalue weighted by atomic mass is 16.6. The minimum absolute atomic E-state index is 0.0555. The van der Waals surface area contributed by atoms with Crippen LogP contribution in [0.3, 0.4) is 0 Å². The second-order valence-corrected chi connectivity index (χ2v) is 13.2. The average Bonchev–Trinajstić information content (AvgIpc) is 3.00. The molecule has 2 atom stereocenters. The lowest BCUT2D eigenvalue weighted by atomic mass is 10.1. The van der Waals surface area contributed by atoms with E-state index >= 15 is 0 Å². The summed E-state index contributed by atoms with van der Waals surface area (Å²) in [5, 5.41) is 9.55. The second-order valence-electron chi connectivity index (χ2n) is 13.2. The SMILES string of the molecule is CC/C=C/C=C/C=C/CCCCCCCC(=O)OCC(COCCC(C(=O)O)[N+](C)(C)C)OC(=O)CCCCCCCCCCC. The molecule has 0 heterocycles. The number of nitrogens with zero attached hydrogens (tertiary/aromatic N) is 1. The number of carbonyl (C=O) groups excluding carboxylic acids is 2. The Morgan fingerprint density at radius 1 is 0.674 bits per heavy atom. The predicted octanol–water partition coefficient (Wildman–Crippen LogP) is 8.74. The summed E-state index contributed by atoms with van der Waals surface area (Å²) in [5.41, 5.74) is 0. The van der Waals surface area contributed by atoms with Crippen LogP contribution in [0.15, 0.2) is 36.5 Å². The fraction of sp³-hybridized carbons (Fsp3) is 0.763. The third kappa shape index (κ3) is 27.8. The molecule has 0 bridgehead atoms. The van der Waals surface area contributed by atoms with E-state index in [1.165, 1.54) is 38.5 Å². The lowest BCUT2D eigenvalue weighted by molar-refractivity contribution is -0.887. The van der Waals surface area contributed by atoms with Crippen molar-refractivity contribution in [3.8, 4) is 0 Å². The predicted molar refractivity (Wildman–Crippen MR) is 188 cm³/mol. The maximum absolute atomic E-state index is 12.6. The Kier molecular flexibility index (Phi) is 28.3. The number of carboxylic acids is 1. The third-order valence-corrected chi connectivity index (χ3v) is 7.87. The van der Waals surface area contributed by atoms with Gasteiger partial charge in [-0.15, -0.1) is 0 Å². The van der Waals surface area contributed by atoms with Gasteiger partial charge in [0.1, 0.15) is 6.61 Å². The highest BCUT2D eigenvalue weighted by Gasteiger charge is 2.31. The van der Waals surface area contributed by atoms with Crippen molar-refractivity contribution in [3.05, 3.63) is 36.5 Å². The van der Waals surface area contributed by atoms with E-state index in [9.17, 15) is 19.5 Å². The van der Waals surface area contributed by atoms with Gasteiger partial charge in [0.2, 0.25) is 0 Å². The van der Waals surface area contributed by atoms with E-state index in [-0.39, 0.29) is 36.2 Å². The highest BCUT2D eigenvalue weighted by Crippen LogP contribution is 2.13. The molecule has 0 radical (unpaired) electrons. The molecule has 0 saturated carbocycles. The molecule has 0 aromatic rings. The monoisotopic (exact) mass is 650 g/mol. The molecule has 0 aromatic heterocycles. The topological polar surface area (TPSA) is 99.1 Å². The fourth-order valence-corrected chi connectivity index (χ4v) is 5.03. The number of hydrogen-bond acceptors (Lipinski definition) is 6. The quantitative estimate of drug-likeness (QED) is 0.0347. The molecule has 0 aromatic carbocycles.